The molecule has 2 nitrogen and oxygen atoms in total. The van der Waals surface area contributed by atoms with Gasteiger partial charge < -0.3 is 5.11 Å². The van der Waals surface area contributed by atoms with Crippen molar-refractivity contribution in [3.05, 3.63) is 0 Å². The number of carboxylic acids is 1. The molecule has 0 rings (SSSR count). The van der Waals surface area contributed by atoms with E-state index in [1.165, 1.54) is 51.4 Å². The molecule has 0 amide bonds. The summed E-state index contributed by atoms with van der Waals surface area (Å²) in [6, 6.07) is 0. The first-order valence-corrected chi connectivity index (χ1v) is 7.84. The molecule has 0 saturated carbocycles. The first kappa shape index (κ1) is 17.5. The lowest BCUT2D eigenvalue weighted by Crippen LogP contribution is -2.12. The summed E-state index contributed by atoms with van der Waals surface area (Å²) in [6.45, 7) is 6.30. The third kappa shape index (κ3) is 9.49. The van der Waals surface area contributed by atoms with E-state index in [0.717, 1.165) is 18.8 Å². The number of carboxylic acid groups (broad SMARTS) is 1. The van der Waals surface area contributed by atoms with Gasteiger partial charge in [0.1, 0.15) is 0 Å². The predicted molar refractivity (Wildman–Crippen MR) is 77.8 cm³/mol. The normalized spacial score (nSPS) is 14.4. The number of carbonyl (C=O) groups is 1. The number of hydrogen-bond acceptors (Lipinski definition) is 1. The lowest BCUT2D eigenvalue weighted by molar-refractivity contribution is -0.141. The van der Waals surface area contributed by atoms with Crippen molar-refractivity contribution in [1.29, 1.82) is 0 Å². The molecular formula is C16H32O2. The Hall–Kier alpha value is -0.530. The average molecular weight is 256 g/mol. The van der Waals surface area contributed by atoms with Crippen molar-refractivity contribution in [2.75, 3.05) is 0 Å². The minimum Gasteiger partial charge on any atom is -0.481 e. The number of rotatable bonds is 12. The topological polar surface area (TPSA) is 37.3 Å². The molecule has 0 aliphatic carbocycles. The Balaban J connectivity index is 3.86. The average Bonchev–Trinajstić information content (AvgIpc) is 2.36. The van der Waals surface area contributed by atoms with Crippen molar-refractivity contribution < 1.29 is 9.90 Å². The maximum atomic E-state index is 10.8. The molecule has 0 bridgehead atoms. The van der Waals surface area contributed by atoms with E-state index >= 15 is 0 Å². The van der Waals surface area contributed by atoms with Crippen molar-refractivity contribution in [3.8, 4) is 0 Å². The molecule has 0 aromatic rings. The van der Waals surface area contributed by atoms with Gasteiger partial charge in [0, 0.05) is 0 Å². The zero-order valence-corrected chi connectivity index (χ0v) is 12.6. The molecule has 1 N–H and O–H groups in total. The van der Waals surface area contributed by atoms with Gasteiger partial charge in [-0.2, -0.15) is 0 Å². The van der Waals surface area contributed by atoms with Crippen LogP contribution < -0.4 is 0 Å². The van der Waals surface area contributed by atoms with Crippen molar-refractivity contribution in [2.45, 2.75) is 85.0 Å². The van der Waals surface area contributed by atoms with E-state index in [2.05, 4.69) is 13.8 Å². The number of hydrogen-bond donors (Lipinski definition) is 1. The van der Waals surface area contributed by atoms with Gasteiger partial charge in [0.25, 0.3) is 0 Å². The largest absolute Gasteiger partial charge is 0.481 e. The van der Waals surface area contributed by atoms with Gasteiger partial charge in [-0.3, -0.25) is 4.79 Å². The summed E-state index contributed by atoms with van der Waals surface area (Å²) < 4.78 is 0. The van der Waals surface area contributed by atoms with E-state index < -0.39 is 5.97 Å². The van der Waals surface area contributed by atoms with E-state index in [-0.39, 0.29) is 5.92 Å². The van der Waals surface area contributed by atoms with Crippen LogP contribution in [-0.4, -0.2) is 11.1 Å². The maximum Gasteiger partial charge on any atom is 0.306 e. The van der Waals surface area contributed by atoms with Crippen LogP contribution in [0.15, 0.2) is 0 Å². The molecule has 2 atom stereocenters. The lowest BCUT2D eigenvalue weighted by atomic mass is 9.88. The molecule has 2 heteroatoms. The van der Waals surface area contributed by atoms with Crippen LogP contribution in [0.4, 0.5) is 0 Å². The summed E-state index contributed by atoms with van der Waals surface area (Å²) >= 11 is 0. The summed E-state index contributed by atoms with van der Waals surface area (Å²) in [7, 11) is 0. The highest BCUT2D eigenvalue weighted by atomic mass is 16.4. The van der Waals surface area contributed by atoms with Crippen LogP contribution in [-0.2, 0) is 4.79 Å². The van der Waals surface area contributed by atoms with E-state index in [0.29, 0.717) is 0 Å². The van der Waals surface area contributed by atoms with Gasteiger partial charge in [-0.25, -0.2) is 0 Å². The minimum atomic E-state index is -0.643. The Morgan fingerprint density at radius 3 is 2.06 bits per heavy atom. The van der Waals surface area contributed by atoms with Gasteiger partial charge in [-0.1, -0.05) is 72.1 Å². The Morgan fingerprint density at radius 1 is 0.889 bits per heavy atom. The van der Waals surface area contributed by atoms with E-state index in [9.17, 15) is 4.79 Å². The fraction of sp³-hybridized carbons (Fsp3) is 0.938. The van der Waals surface area contributed by atoms with Gasteiger partial charge in [-0.05, 0) is 18.8 Å². The fourth-order valence-electron chi connectivity index (χ4n) is 2.39. The van der Waals surface area contributed by atoms with E-state index in [1.54, 1.807) is 0 Å². The van der Waals surface area contributed by atoms with Crippen LogP contribution in [0.1, 0.15) is 85.0 Å². The predicted octanol–water partition coefficient (Wildman–Crippen LogP) is 5.26. The monoisotopic (exact) mass is 256 g/mol. The highest BCUT2D eigenvalue weighted by molar-refractivity contribution is 5.69. The Labute approximate surface area is 113 Å². The molecule has 0 aliphatic heterocycles. The second kappa shape index (κ2) is 11.6. The second-order valence-corrected chi connectivity index (χ2v) is 5.67. The first-order chi connectivity index (χ1) is 8.61. The Kier molecular flexibility index (Phi) is 11.2. The van der Waals surface area contributed by atoms with Crippen LogP contribution in [0.5, 0.6) is 0 Å². The van der Waals surface area contributed by atoms with Crippen LogP contribution in [0.2, 0.25) is 0 Å². The molecule has 2 unspecified atom stereocenters. The zero-order chi connectivity index (χ0) is 13.8. The molecule has 0 radical (unpaired) electrons. The maximum absolute atomic E-state index is 10.8. The molecular weight excluding hydrogens is 224 g/mol. The van der Waals surface area contributed by atoms with Crippen molar-refractivity contribution >= 4 is 5.97 Å². The number of aliphatic carboxylic acids is 1. The molecule has 0 aromatic heterocycles. The molecule has 0 heterocycles. The summed E-state index contributed by atoms with van der Waals surface area (Å²) in [5.41, 5.74) is 0. The summed E-state index contributed by atoms with van der Waals surface area (Å²) in [5, 5.41) is 8.92. The molecule has 108 valence electrons. The SMILES string of the molecule is CCCCCCC(CCCC)CCC(C)C(=O)O. The highest BCUT2D eigenvalue weighted by Gasteiger charge is 2.14. The van der Waals surface area contributed by atoms with Gasteiger partial charge in [-0.15, -0.1) is 0 Å². The Morgan fingerprint density at radius 2 is 1.50 bits per heavy atom. The molecule has 18 heavy (non-hydrogen) atoms. The molecule has 0 saturated heterocycles. The molecule has 0 spiro atoms. The van der Waals surface area contributed by atoms with E-state index in [4.69, 9.17) is 5.11 Å². The van der Waals surface area contributed by atoms with Crippen LogP contribution in [0.3, 0.4) is 0 Å². The third-order valence-electron chi connectivity index (χ3n) is 3.86. The van der Waals surface area contributed by atoms with Crippen molar-refractivity contribution in [1.82, 2.24) is 0 Å². The smallest absolute Gasteiger partial charge is 0.306 e. The van der Waals surface area contributed by atoms with Gasteiger partial charge in [0.2, 0.25) is 0 Å². The second-order valence-electron chi connectivity index (χ2n) is 5.67. The quantitative estimate of drug-likeness (QED) is 0.483. The minimum absolute atomic E-state index is 0.176. The first-order valence-electron chi connectivity index (χ1n) is 7.84. The van der Waals surface area contributed by atoms with Crippen LogP contribution >= 0.6 is 0 Å². The third-order valence-corrected chi connectivity index (χ3v) is 3.86. The fourth-order valence-corrected chi connectivity index (χ4v) is 2.39. The van der Waals surface area contributed by atoms with Gasteiger partial charge in [0.15, 0.2) is 0 Å². The summed E-state index contributed by atoms with van der Waals surface area (Å²) in [4.78, 5) is 10.8. The molecule has 0 fully saturated rings. The van der Waals surface area contributed by atoms with Gasteiger partial charge in [0.05, 0.1) is 5.92 Å². The summed E-state index contributed by atoms with van der Waals surface area (Å²) in [5.74, 6) is -0.0661. The van der Waals surface area contributed by atoms with Crippen LogP contribution in [0.25, 0.3) is 0 Å². The molecule has 0 aliphatic rings. The Bertz CT molecular complexity index is 201. The van der Waals surface area contributed by atoms with Crippen molar-refractivity contribution in [3.63, 3.8) is 0 Å². The number of unbranched alkanes of at least 4 members (excludes halogenated alkanes) is 4. The zero-order valence-electron chi connectivity index (χ0n) is 12.6. The standard InChI is InChI=1S/C16H32O2/c1-4-6-8-9-11-15(10-7-5-2)13-12-14(3)16(17)18/h14-15H,4-13H2,1-3H3,(H,17,18). The highest BCUT2D eigenvalue weighted by Crippen LogP contribution is 2.24. The lowest BCUT2D eigenvalue weighted by Gasteiger charge is -2.17. The van der Waals surface area contributed by atoms with Gasteiger partial charge >= 0.3 is 5.97 Å². The summed E-state index contributed by atoms with van der Waals surface area (Å²) in [6.07, 6.45) is 12.4. The molecule has 0 aromatic carbocycles. The van der Waals surface area contributed by atoms with Crippen LogP contribution in [0, 0.1) is 11.8 Å². The van der Waals surface area contributed by atoms with Crippen molar-refractivity contribution in [2.24, 2.45) is 11.8 Å². The van der Waals surface area contributed by atoms with E-state index in [1.807, 2.05) is 6.92 Å².